The number of carbonyl (C=O) groups excluding carboxylic acids is 1. The van der Waals surface area contributed by atoms with Gasteiger partial charge in [-0.15, -0.1) is 0 Å². The molecule has 0 aromatic rings. The first-order valence-corrected chi connectivity index (χ1v) is 6.19. The van der Waals surface area contributed by atoms with Crippen LogP contribution in [0.25, 0.3) is 0 Å². The molecule has 3 aliphatic carbocycles. The first kappa shape index (κ1) is 11.0. The summed E-state index contributed by atoms with van der Waals surface area (Å²) in [7, 11) is 0. The largest absolute Gasteiger partial charge is 0.466 e. The maximum atomic E-state index is 11.4. The smallest absolute Gasteiger partial charge is 0.306 e. The number of hydrogen-bond donors (Lipinski definition) is 0. The maximum absolute atomic E-state index is 11.4. The second-order valence-electron chi connectivity index (χ2n) is 5.80. The van der Waals surface area contributed by atoms with Gasteiger partial charge < -0.3 is 4.74 Å². The lowest BCUT2D eigenvalue weighted by molar-refractivity contribution is -0.148. The molecular weight excluding hydrogens is 188 g/mol. The SMILES string of the molecule is CCOC(=O)C[C@H]1C[C@@H]2C[C@H](C1)C2(C)C. The molecule has 3 aliphatic rings. The van der Waals surface area contributed by atoms with Gasteiger partial charge in [0.1, 0.15) is 0 Å². The minimum atomic E-state index is 0.00149. The van der Waals surface area contributed by atoms with Gasteiger partial charge in [0.15, 0.2) is 0 Å². The third-order valence-electron chi connectivity index (χ3n) is 4.67. The molecule has 3 saturated carbocycles. The zero-order valence-electron chi connectivity index (χ0n) is 10.1. The predicted octanol–water partition coefficient (Wildman–Crippen LogP) is 3.01. The molecule has 0 aromatic carbocycles. The van der Waals surface area contributed by atoms with E-state index in [1.807, 2.05) is 6.92 Å². The van der Waals surface area contributed by atoms with E-state index in [1.165, 1.54) is 19.3 Å². The molecule has 0 radical (unpaired) electrons. The van der Waals surface area contributed by atoms with Gasteiger partial charge in [-0.3, -0.25) is 4.79 Å². The summed E-state index contributed by atoms with van der Waals surface area (Å²) in [4.78, 5) is 11.4. The Labute approximate surface area is 92.4 Å². The standard InChI is InChI=1S/C13H22O2/c1-4-15-12(14)7-9-5-10-8-11(6-9)13(10,2)3/h9-11H,4-8H2,1-3H3/t9-,10+,11-. The minimum absolute atomic E-state index is 0.00149. The Balaban J connectivity index is 1.82. The van der Waals surface area contributed by atoms with Gasteiger partial charge in [0.25, 0.3) is 0 Å². The van der Waals surface area contributed by atoms with E-state index in [9.17, 15) is 4.79 Å². The molecule has 0 unspecified atom stereocenters. The number of ether oxygens (including phenoxy) is 1. The molecule has 0 saturated heterocycles. The molecule has 15 heavy (non-hydrogen) atoms. The molecule has 0 N–H and O–H groups in total. The summed E-state index contributed by atoms with van der Waals surface area (Å²) in [6.07, 6.45) is 4.52. The highest BCUT2D eigenvalue weighted by atomic mass is 16.5. The summed E-state index contributed by atoms with van der Waals surface area (Å²) in [5.74, 6) is 2.31. The Bertz CT molecular complexity index is 243. The topological polar surface area (TPSA) is 26.3 Å². The third-order valence-corrected chi connectivity index (χ3v) is 4.67. The van der Waals surface area contributed by atoms with Gasteiger partial charge in [-0.05, 0) is 49.4 Å². The Morgan fingerprint density at radius 3 is 2.33 bits per heavy atom. The van der Waals surface area contributed by atoms with Crippen LogP contribution in [0.4, 0.5) is 0 Å². The molecule has 0 amide bonds. The fraction of sp³-hybridized carbons (Fsp3) is 0.923. The summed E-state index contributed by atoms with van der Waals surface area (Å²) >= 11 is 0. The van der Waals surface area contributed by atoms with Crippen molar-refractivity contribution in [1.29, 1.82) is 0 Å². The molecule has 86 valence electrons. The van der Waals surface area contributed by atoms with Crippen molar-refractivity contribution >= 4 is 5.97 Å². The highest BCUT2D eigenvalue weighted by molar-refractivity contribution is 5.69. The summed E-state index contributed by atoms with van der Waals surface area (Å²) in [6.45, 7) is 7.15. The van der Waals surface area contributed by atoms with Crippen LogP contribution in [0.1, 0.15) is 46.5 Å². The quantitative estimate of drug-likeness (QED) is 0.669. The molecule has 0 heterocycles. The molecule has 2 nitrogen and oxygen atoms in total. The molecule has 3 fully saturated rings. The monoisotopic (exact) mass is 210 g/mol. The first-order chi connectivity index (χ1) is 7.04. The normalized spacial score (nSPS) is 36.9. The summed E-state index contributed by atoms with van der Waals surface area (Å²) in [5, 5.41) is 0. The van der Waals surface area contributed by atoms with Gasteiger partial charge in [-0.1, -0.05) is 13.8 Å². The second kappa shape index (κ2) is 3.80. The third kappa shape index (κ3) is 1.91. The molecule has 0 spiro atoms. The lowest BCUT2D eigenvalue weighted by Gasteiger charge is -2.59. The van der Waals surface area contributed by atoms with Crippen molar-refractivity contribution in [3.8, 4) is 0 Å². The van der Waals surface area contributed by atoms with Crippen LogP contribution in [0, 0.1) is 23.2 Å². The van der Waals surface area contributed by atoms with E-state index in [-0.39, 0.29) is 5.97 Å². The van der Waals surface area contributed by atoms with Crippen molar-refractivity contribution in [1.82, 2.24) is 0 Å². The average molecular weight is 210 g/mol. The van der Waals surface area contributed by atoms with Crippen molar-refractivity contribution in [2.24, 2.45) is 23.2 Å². The number of esters is 1. The fourth-order valence-electron chi connectivity index (χ4n) is 3.45. The van der Waals surface area contributed by atoms with Gasteiger partial charge in [0, 0.05) is 6.42 Å². The highest BCUT2D eigenvalue weighted by Crippen LogP contribution is 2.61. The van der Waals surface area contributed by atoms with Crippen LogP contribution < -0.4 is 0 Å². The molecule has 0 aromatic heterocycles. The lowest BCUT2D eigenvalue weighted by atomic mass is 9.46. The highest BCUT2D eigenvalue weighted by Gasteiger charge is 2.52. The van der Waals surface area contributed by atoms with E-state index >= 15 is 0 Å². The molecule has 2 bridgehead atoms. The number of hydrogen-bond acceptors (Lipinski definition) is 2. The molecule has 0 aliphatic heterocycles. The van der Waals surface area contributed by atoms with E-state index in [0.717, 1.165) is 11.8 Å². The maximum Gasteiger partial charge on any atom is 0.306 e. The summed E-state index contributed by atoms with van der Waals surface area (Å²) < 4.78 is 5.01. The van der Waals surface area contributed by atoms with E-state index in [0.29, 0.717) is 24.4 Å². The van der Waals surface area contributed by atoms with E-state index in [1.54, 1.807) is 0 Å². The summed E-state index contributed by atoms with van der Waals surface area (Å²) in [6, 6.07) is 0. The zero-order valence-corrected chi connectivity index (χ0v) is 10.1. The van der Waals surface area contributed by atoms with E-state index in [4.69, 9.17) is 4.74 Å². The van der Waals surface area contributed by atoms with Gasteiger partial charge in [0.05, 0.1) is 6.61 Å². The summed E-state index contributed by atoms with van der Waals surface area (Å²) in [5.41, 5.74) is 0.547. The Morgan fingerprint density at radius 1 is 1.27 bits per heavy atom. The van der Waals surface area contributed by atoms with Crippen molar-refractivity contribution in [3.05, 3.63) is 0 Å². The predicted molar refractivity (Wildman–Crippen MR) is 59.4 cm³/mol. The molecule has 2 heteroatoms. The van der Waals surface area contributed by atoms with Crippen LogP contribution in [0.2, 0.25) is 0 Å². The number of carbonyl (C=O) groups is 1. The van der Waals surface area contributed by atoms with Crippen LogP contribution >= 0.6 is 0 Å². The van der Waals surface area contributed by atoms with Crippen LogP contribution in [0.5, 0.6) is 0 Å². The minimum Gasteiger partial charge on any atom is -0.466 e. The van der Waals surface area contributed by atoms with Crippen LogP contribution in [0.3, 0.4) is 0 Å². The average Bonchev–Trinajstić information content (AvgIpc) is 2.18. The molecule has 3 atom stereocenters. The lowest BCUT2D eigenvalue weighted by Crippen LogP contribution is -2.50. The van der Waals surface area contributed by atoms with E-state index < -0.39 is 0 Å². The van der Waals surface area contributed by atoms with Crippen molar-refractivity contribution in [3.63, 3.8) is 0 Å². The number of fused-ring (bicyclic) bond motifs is 2. The fourth-order valence-corrected chi connectivity index (χ4v) is 3.45. The second-order valence-corrected chi connectivity index (χ2v) is 5.80. The van der Waals surface area contributed by atoms with Gasteiger partial charge >= 0.3 is 5.97 Å². The Kier molecular flexibility index (Phi) is 2.78. The first-order valence-electron chi connectivity index (χ1n) is 6.19. The Morgan fingerprint density at radius 2 is 1.87 bits per heavy atom. The van der Waals surface area contributed by atoms with Gasteiger partial charge in [-0.2, -0.15) is 0 Å². The van der Waals surface area contributed by atoms with Crippen LogP contribution in [-0.4, -0.2) is 12.6 Å². The van der Waals surface area contributed by atoms with Crippen molar-refractivity contribution < 1.29 is 9.53 Å². The van der Waals surface area contributed by atoms with Gasteiger partial charge in [-0.25, -0.2) is 0 Å². The van der Waals surface area contributed by atoms with Crippen LogP contribution in [-0.2, 0) is 9.53 Å². The molecular formula is C13H22O2. The van der Waals surface area contributed by atoms with E-state index in [2.05, 4.69) is 13.8 Å². The van der Waals surface area contributed by atoms with Crippen molar-refractivity contribution in [2.75, 3.05) is 6.61 Å². The van der Waals surface area contributed by atoms with Crippen LogP contribution in [0.15, 0.2) is 0 Å². The zero-order chi connectivity index (χ0) is 11.1. The number of rotatable bonds is 3. The molecule has 3 rings (SSSR count). The van der Waals surface area contributed by atoms with Crippen molar-refractivity contribution in [2.45, 2.75) is 46.5 Å². The Hall–Kier alpha value is -0.530. The van der Waals surface area contributed by atoms with Gasteiger partial charge in [0.2, 0.25) is 0 Å².